The van der Waals surface area contributed by atoms with Crippen molar-refractivity contribution in [3.63, 3.8) is 0 Å². The summed E-state index contributed by atoms with van der Waals surface area (Å²) in [6.07, 6.45) is -0.827. The number of hydrogen-bond acceptors (Lipinski definition) is 4. The van der Waals surface area contributed by atoms with E-state index in [1.54, 1.807) is 6.92 Å². The Morgan fingerprint density at radius 3 is 2.27 bits per heavy atom. The number of hydrogen-bond donors (Lipinski definition) is 1. The molecule has 1 amide bonds. The summed E-state index contributed by atoms with van der Waals surface area (Å²) in [4.78, 5) is 12.7. The Morgan fingerprint density at radius 2 is 1.91 bits per heavy atom. The molecule has 0 aromatic heterocycles. The minimum atomic E-state index is -2.01. The van der Waals surface area contributed by atoms with Crippen molar-refractivity contribution < 1.29 is 19.4 Å². The van der Waals surface area contributed by atoms with E-state index in [0.717, 1.165) is 0 Å². The van der Waals surface area contributed by atoms with Crippen molar-refractivity contribution >= 4 is 14.1 Å². The molecule has 128 valence electrons. The summed E-state index contributed by atoms with van der Waals surface area (Å²) in [5, 5.41) is 10.1. The van der Waals surface area contributed by atoms with Gasteiger partial charge in [-0.2, -0.15) is 0 Å². The first-order valence-corrected chi connectivity index (χ1v) is 11.1. The maximum Gasteiger partial charge on any atom is 0.222 e. The van der Waals surface area contributed by atoms with Crippen LogP contribution in [0.4, 0.5) is 0 Å². The molecule has 2 aliphatic rings. The van der Waals surface area contributed by atoms with Gasteiger partial charge in [0.15, 0.2) is 14.0 Å². The molecule has 2 saturated heterocycles. The Kier molecular flexibility index (Phi) is 4.31. The molecule has 0 aromatic carbocycles. The zero-order chi connectivity index (χ0) is 17.1. The van der Waals surface area contributed by atoms with Gasteiger partial charge in [0.05, 0.1) is 24.7 Å². The summed E-state index contributed by atoms with van der Waals surface area (Å²) in [7, 11) is -2.01. The third-order valence-corrected chi connectivity index (χ3v) is 11.0. The molecule has 22 heavy (non-hydrogen) atoms. The van der Waals surface area contributed by atoms with E-state index < -0.39 is 20.1 Å². The van der Waals surface area contributed by atoms with E-state index in [2.05, 4.69) is 33.9 Å². The van der Waals surface area contributed by atoms with E-state index in [-0.39, 0.29) is 29.0 Å². The average molecular weight is 330 g/mol. The monoisotopic (exact) mass is 329 g/mol. The van der Waals surface area contributed by atoms with Gasteiger partial charge in [-0.25, -0.2) is 0 Å². The Morgan fingerprint density at radius 1 is 1.36 bits per heavy atom. The molecule has 0 bridgehead atoms. The highest BCUT2D eigenvalue weighted by atomic mass is 28.3. The number of carbonyl (C=O) groups excluding carboxylic acids is 1. The van der Waals surface area contributed by atoms with E-state index in [1.165, 1.54) is 0 Å². The molecule has 2 aliphatic heterocycles. The van der Waals surface area contributed by atoms with Crippen LogP contribution >= 0.6 is 0 Å². The molecule has 0 aromatic rings. The number of β-lactam (4-membered cyclic amide) rings is 1. The number of aliphatic hydroxyl groups excluding tert-OH is 1. The molecular formula is C16H31NO4Si. The van der Waals surface area contributed by atoms with Gasteiger partial charge in [-0.15, -0.1) is 0 Å². The van der Waals surface area contributed by atoms with E-state index >= 15 is 0 Å². The van der Waals surface area contributed by atoms with Gasteiger partial charge in [0, 0.05) is 0 Å². The third-order valence-electron chi connectivity index (χ3n) is 5.56. The van der Waals surface area contributed by atoms with Gasteiger partial charge in [-0.3, -0.25) is 4.79 Å². The fraction of sp³-hybridized carbons (Fsp3) is 0.938. The summed E-state index contributed by atoms with van der Waals surface area (Å²) >= 11 is 0. The number of carbonyl (C=O) groups is 1. The average Bonchev–Trinajstić information content (AvgIpc) is 2.63. The molecule has 0 saturated carbocycles. The third kappa shape index (κ3) is 2.75. The Labute approximate surface area is 135 Å². The van der Waals surface area contributed by atoms with Gasteiger partial charge in [0.2, 0.25) is 5.91 Å². The minimum absolute atomic E-state index is 0.0551. The molecule has 2 rings (SSSR count). The van der Waals surface area contributed by atoms with Crippen molar-refractivity contribution in [1.29, 1.82) is 0 Å². The number of ether oxygens (including phenoxy) is 2. The fourth-order valence-corrected chi connectivity index (χ4v) is 5.81. The lowest BCUT2D eigenvalue weighted by atomic mass is 9.82. The lowest BCUT2D eigenvalue weighted by molar-refractivity contribution is -0.177. The summed E-state index contributed by atoms with van der Waals surface area (Å²) in [6.45, 7) is 17.0. The maximum atomic E-state index is 12.7. The molecule has 0 spiro atoms. The molecular weight excluding hydrogens is 298 g/mol. The van der Waals surface area contributed by atoms with Crippen molar-refractivity contribution in [1.82, 2.24) is 4.57 Å². The second-order valence-electron chi connectivity index (χ2n) is 8.64. The molecule has 2 fully saturated rings. The van der Waals surface area contributed by atoms with Crippen molar-refractivity contribution in [2.45, 2.75) is 83.7 Å². The van der Waals surface area contributed by atoms with Gasteiger partial charge in [0.25, 0.3) is 0 Å². The maximum absolute atomic E-state index is 12.7. The normalized spacial score (nSPS) is 33.8. The summed E-state index contributed by atoms with van der Waals surface area (Å²) < 4.78 is 13.7. The smallest absolute Gasteiger partial charge is 0.222 e. The quantitative estimate of drug-likeness (QED) is 0.638. The first kappa shape index (κ1) is 17.9. The summed E-state index contributed by atoms with van der Waals surface area (Å²) in [5.74, 6) is -0.928. The predicted molar refractivity (Wildman–Crippen MR) is 87.9 cm³/mol. The largest absolute Gasteiger partial charge is 0.393 e. The van der Waals surface area contributed by atoms with Crippen LogP contribution in [-0.2, 0) is 14.3 Å². The van der Waals surface area contributed by atoms with Crippen molar-refractivity contribution in [2.24, 2.45) is 5.92 Å². The van der Waals surface area contributed by atoms with Crippen LogP contribution in [0.5, 0.6) is 0 Å². The van der Waals surface area contributed by atoms with Crippen molar-refractivity contribution in [3.05, 3.63) is 0 Å². The van der Waals surface area contributed by atoms with Crippen LogP contribution in [0.15, 0.2) is 0 Å². The van der Waals surface area contributed by atoms with Crippen LogP contribution in [-0.4, -0.2) is 54.5 Å². The lowest BCUT2D eigenvalue weighted by Crippen LogP contribution is -2.77. The zero-order valence-electron chi connectivity index (χ0n) is 15.1. The number of nitrogens with zero attached hydrogens (tertiary/aromatic N) is 1. The second-order valence-corrected chi connectivity index (χ2v) is 13.7. The predicted octanol–water partition coefficient (Wildman–Crippen LogP) is 2.35. The van der Waals surface area contributed by atoms with Crippen LogP contribution in [0.1, 0.15) is 41.5 Å². The molecule has 4 atom stereocenters. The van der Waals surface area contributed by atoms with Crippen LogP contribution in [0.25, 0.3) is 0 Å². The summed E-state index contributed by atoms with van der Waals surface area (Å²) in [5.41, 5.74) is 0. The van der Waals surface area contributed by atoms with E-state index in [9.17, 15) is 9.90 Å². The Bertz CT molecular complexity index is 456. The highest BCUT2D eigenvalue weighted by Crippen LogP contribution is 2.47. The highest BCUT2D eigenvalue weighted by Gasteiger charge is 2.62. The minimum Gasteiger partial charge on any atom is -0.393 e. The van der Waals surface area contributed by atoms with Crippen LogP contribution in [0.2, 0.25) is 18.1 Å². The van der Waals surface area contributed by atoms with Crippen molar-refractivity contribution in [3.8, 4) is 0 Å². The molecule has 0 radical (unpaired) electrons. The Hall–Kier alpha value is -0.433. The van der Waals surface area contributed by atoms with Gasteiger partial charge in [-0.1, -0.05) is 33.9 Å². The van der Waals surface area contributed by atoms with Crippen LogP contribution in [0.3, 0.4) is 0 Å². The van der Waals surface area contributed by atoms with Crippen LogP contribution < -0.4 is 0 Å². The van der Waals surface area contributed by atoms with E-state index in [1.807, 2.05) is 18.4 Å². The zero-order valence-corrected chi connectivity index (χ0v) is 16.1. The van der Waals surface area contributed by atoms with E-state index in [4.69, 9.17) is 9.47 Å². The molecule has 2 heterocycles. The second kappa shape index (κ2) is 5.29. The SMILES string of the molecule is C[C@@H](O)[C@H]1C(=O)N([Si](C)(C)C(C)(C)C)[C@@H]1[C@H]1COC(C)(C)O1. The topological polar surface area (TPSA) is 59.0 Å². The van der Waals surface area contributed by atoms with Gasteiger partial charge < -0.3 is 19.1 Å². The Balaban J connectivity index is 2.31. The standard InChI is InChI=1S/C16H31NO4Si/c1-10(18)12-13(11-9-20-16(5,6)21-11)17(14(12)19)22(7,8)15(2,3)4/h10-13,18H,9H2,1-8H3/t10-,11-,12-,13-/m1/s1. The van der Waals surface area contributed by atoms with Gasteiger partial charge in [0.1, 0.15) is 6.10 Å². The number of rotatable bonds is 3. The number of amides is 1. The van der Waals surface area contributed by atoms with Crippen molar-refractivity contribution in [2.75, 3.05) is 6.61 Å². The number of aliphatic hydroxyl groups is 1. The first-order chi connectivity index (χ1) is 9.79. The molecule has 0 unspecified atom stereocenters. The molecule has 0 aliphatic carbocycles. The first-order valence-electron chi connectivity index (χ1n) is 8.12. The van der Waals surface area contributed by atoms with E-state index in [0.29, 0.717) is 6.61 Å². The van der Waals surface area contributed by atoms with Crippen LogP contribution in [0, 0.1) is 5.92 Å². The molecule has 6 heteroatoms. The molecule has 1 N–H and O–H groups in total. The van der Waals surface area contributed by atoms with Gasteiger partial charge in [-0.05, 0) is 25.8 Å². The summed E-state index contributed by atoms with van der Waals surface area (Å²) in [6, 6.07) is -0.0878. The highest BCUT2D eigenvalue weighted by molar-refractivity contribution is 6.80. The fourth-order valence-electron chi connectivity index (χ4n) is 3.31. The lowest BCUT2D eigenvalue weighted by Gasteiger charge is -2.60. The van der Waals surface area contributed by atoms with Gasteiger partial charge >= 0.3 is 0 Å². The molecule has 5 nitrogen and oxygen atoms in total.